The molecule has 0 fully saturated rings. The minimum Gasteiger partial charge on any atom is -0.283 e. The summed E-state index contributed by atoms with van der Waals surface area (Å²) in [5, 5.41) is 8.51. The highest BCUT2D eigenvalue weighted by atomic mass is 19.1. The van der Waals surface area contributed by atoms with Crippen molar-refractivity contribution in [2.75, 3.05) is 0 Å². The van der Waals surface area contributed by atoms with Crippen molar-refractivity contribution in [1.29, 1.82) is 0 Å². The Morgan fingerprint density at radius 3 is 2.50 bits per heavy atom. The Morgan fingerprint density at radius 2 is 1.67 bits per heavy atom. The van der Waals surface area contributed by atoms with E-state index in [0.717, 1.165) is 16.9 Å². The third-order valence-electron chi connectivity index (χ3n) is 3.62. The first-order chi connectivity index (χ1) is 11.8. The van der Waals surface area contributed by atoms with Crippen molar-refractivity contribution in [1.82, 2.24) is 9.38 Å². The number of rotatable bonds is 3. The maximum absolute atomic E-state index is 13.3. The summed E-state index contributed by atoms with van der Waals surface area (Å²) >= 11 is 0. The van der Waals surface area contributed by atoms with Crippen LogP contribution < -0.4 is 0 Å². The molecule has 24 heavy (non-hydrogen) atoms. The molecule has 0 atom stereocenters. The Bertz CT molecular complexity index is 1020. The topological polar surface area (TPSA) is 42.0 Å². The molecule has 0 saturated carbocycles. The number of hydrogen-bond donors (Lipinski definition) is 0. The fourth-order valence-electron chi connectivity index (χ4n) is 2.51. The number of nitrogens with zero attached hydrogens (tertiary/aromatic N) is 4. The van der Waals surface area contributed by atoms with Gasteiger partial charge in [0.2, 0.25) is 0 Å². The van der Waals surface area contributed by atoms with E-state index in [0.29, 0.717) is 11.5 Å². The second kappa shape index (κ2) is 6.04. The maximum Gasteiger partial charge on any atom is 0.187 e. The molecule has 2 aromatic carbocycles. The molecule has 5 heteroatoms. The molecule has 0 unspecified atom stereocenters. The number of pyridine rings is 1. The molecular formula is C19H13FN4. The highest BCUT2D eigenvalue weighted by molar-refractivity contribution is 5.74. The molecule has 0 bridgehead atoms. The standard InChI is InChI=1S/C19H13FN4/c20-15-9-6-10-16(13-15)22-23-19-18(14-7-2-1-3-8-14)21-17-11-4-5-12-24(17)19/h1-13H. The predicted octanol–water partition coefficient (Wildman–Crippen LogP) is 5.56. The lowest BCUT2D eigenvalue weighted by Gasteiger charge is -1.99. The van der Waals surface area contributed by atoms with Crippen molar-refractivity contribution in [3.8, 4) is 11.3 Å². The Morgan fingerprint density at radius 1 is 0.833 bits per heavy atom. The van der Waals surface area contributed by atoms with Crippen molar-refractivity contribution in [3.05, 3.63) is 84.8 Å². The van der Waals surface area contributed by atoms with Crippen molar-refractivity contribution in [3.63, 3.8) is 0 Å². The van der Waals surface area contributed by atoms with Gasteiger partial charge in [-0.1, -0.05) is 42.5 Å². The summed E-state index contributed by atoms with van der Waals surface area (Å²) in [6.45, 7) is 0. The van der Waals surface area contributed by atoms with Crippen molar-refractivity contribution < 1.29 is 4.39 Å². The number of halogens is 1. The van der Waals surface area contributed by atoms with E-state index in [4.69, 9.17) is 0 Å². The highest BCUT2D eigenvalue weighted by Crippen LogP contribution is 2.32. The molecule has 116 valence electrons. The molecule has 2 heterocycles. The summed E-state index contributed by atoms with van der Waals surface area (Å²) in [7, 11) is 0. The lowest BCUT2D eigenvalue weighted by Crippen LogP contribution is -1.81. The van der Waals surface area contributed by atoms with Crippen LogP contribution in [0.15, 0.2) is 89.2 Å². The minimum atomic E-state index is -0.340. The van der Waals surface area contributed by atoms with E-state index in [1.54, 1.807) is 12.1 Å². The zero-order valence-corrected chi connectivity index (χ0v) is 12.7. The van der Waals surface area contributed by atoms with Crippen LogP contribution in [-0.4, -0.2) is 9.38 Å². The first kappa shape index (κ1) is 14.3. The number of azo groups is 1. The lowest BCUT2D eigenvalue weighted by molar-refractivity contribution is 0.628. The first-order valence-electron chi connectivity index (χ1n) is 7.51. The van der Waals surface area contributed by atoms with E-state index < -0.39 is 0 Å². The largest absolute Gasteiger partial charge is 0.283 e. The van der Waals surface area contributed by atoms with Crippen molar-refractivity contribution >= 4 is 17.2 Å². The van der Waals surface area contributed by atoms with E-state index >= 15 is 0 Å². The van der Waals surface area contributed by atoms with Crippen molar-refractivity contribution in [2.24, 2.45) is 10.2 Å². The molecule has 0 spiro atoms. The van der Waals surface area contributed by atoms with Gasteiger partial charge in [0, 0.05) is 17.8 Å². The molecule has 0 saturated heterocycles. The number of imidazole rings is 1. The van der Waals surface area contributed by atoms with Crippen LogP contribution >= 0.6 is 0 Å². The van der Waals surface area contributed by atoms with Crippen LogP contribution in [-0.2, 0) is 0 Å². The van der Waals surface area contributed by atoms with Gasteiger partial charge in [-0.25, -0.2) is 9.37 Å². The summed E-state index contributed by atoms with van der Waals surface area (Å²) in [5.41, 5.74) is 2.93. The monoisotopic (exact) mass is 316 g/mol. The molecule has 0 aliphatic rings. The highest BCUT2D eigenvalue weighted by Gasteiger charge is 2.13. The van der Waals surface area contributed by atoms with Crippen molar-refractivity contribution in [2.45, 2.75) is 0 Å². The van der Waals surface area contributed by atoms with Crippen LogP contribution in [0.5, 0.6) is 0 Å². The Kier molecular flexibility index (Phi) is 3.59. The number of fused-ring (bicyclic) bond motifs is 1. The molecule has 0 aliphatic heterocycles. The van der Waals surface area contributed by atoms with Gasteiger partial charge in [-0.15, -0.1) is 10.2 Å². The number of aromatic nitrogens is 2. The molecule has 4 rings (SSSR count). The van der Waals surface area contributed by atoms with Gasteiger partial charge in [-0.2, -0.15) is 0 Å². The lowest BCUT2D eigenvalue weighted by atomic mass is 10.1. The smallest absolute Gasteiger partial charge is 0.187 e. The molecule has 0 amide bonds. The van der Waals surface area contributed by atoms with Crippen LogP contribution in [0.25, 0.3) is 16.9 Å². The fourth-order valence-corrected chi connectivity index (χ4v) is 2.51. The predicted molar refractivity (Wildman–Crippen MR) is 91.2 cm³/mol. The number of benzene rings is 2. The van der Waals surface area contributed by atoms with E-state index in [-0.39, 0.29) is 5.82 Å². The van der Waals surface area contributed by atoms with Crippen LogP contribution in [0.2, 0.25) is 0 Å². The Balaban J connectivity index is 1.87. The molecule has 0 N–H and O–H groups in total. The van der Waals surface area contributed by atoms with Gasteiger partial charge in [0.05, 0.1) is 5.69 Å². The van der Waals surface area contributed by atoms with Crippen LogP contribution in [0.4, 0.5) is 15.9 Å². The SMILES string of the molecule is Fc1cccc(N=Nc2c(-c3ccccc3)nc3ccccn23)c1. The molecule has 0 aliphatic carbocycles. The maximum atomic E-state index is 13.3. The quantitative estimate of drug-likeness (QED) is 0.456. The van der Waals surface area contributed by atoms with Gasteiger partial charge in [0.1, 0.15) is 17.2 Å². The number of hydrogen-bond acceptors (Lipinski definition) is 3. The summed E-state index contributed by atoms with van der Waals surface area (Å²) < 4.78 is 15.2. The molecule has 0 radical (unpaired) electrons. The van der Waals surface area contributed by atoms with Gasteiger partial charge in [-0.3, -0.25) is 4.40 Å². The zero-order chi connectivity index (χ0) is 16.4. The third kappa shape index (κ3) is 2.67. The summed E-state index contributed by atoms with van der Waals surface area (Å²) in [5.74, 6) is 0.272. The van der Waals surface area contributed by atoms with E-state index in [2.05, 4.69) is 15.2 Å². The fraction of sp³-hybridized carbons (Fsp3) is 0. The van der Waals surface area contributed by atoms with E-state index in [9.17, 15) is 4.39 Å². The average molecular weight is 316 g/mol. The second-order valence-corrected chi connectivity index (χ2v) is 5.26. The summed E-state index contributed by atoms with van der Waals surface area (Å²) in [6.07, 6.45) is 1.88. The van der Waals surface area contributed by atoms with Crippen LogP contribution in [0, 0.1) is 5.82 Å². The van der Waals surface area contributed by atoms with E-state index in [1.165, 1.54) is 12.1 Å². The molecule has 2 aromatic heterocycles. The zero-order valence-electron chi connectivity index (χ0n) is 12.7. The van der Waals surface area contributed by atoms with Gasteiger partial charge in [-0.05, 0) is 24.3 Å². The molecular weight excluding hydrogens is 303 g/mol. The molecule has 4 nitrogen and oxygen atoms in total. The summed E-state index contributed by atoms with van der Waals surface area (Å²) in [6, 6.07) is 21.6. The van der Waals surface area contributed by atoms with Gasteiger partial charge in [0.15, 0.2) is 5.82 Å². The first-order valence-corrected chi connectivity index (χ1v) is 7.51. The Hall–Kier alpha value is -3.34. The van der Waals surface area contributed by atoms with Gasteiger partial charge in [0.25, 0.3) is 0 Å². The average Bonchev–Trinajstić information content (AvgIpc) is 2.99. The van der Waals surface area contributed by atoms with Crippen LogP contribution in [0.3, 0.4) is 0 Å². The normalized spacial score (nSPS) is 11.4. The minimum absolute atomic E-state index is 0.340. The van der Waals surface area contributed by atoms with Gasteiger partial charge >= 0.3 is 0 Å². The van der Waals surface area contributed by atoms with Crippen LogP contribution in [0.1, 0.15) is 0 Å². The Labute approximate surface area is 137 Å². The second-order valence-electron chi connectivity index (χ2n) is 5.26. The molecule has 4 aromatic rings. The third-order valence-corrected chi connectivity index (χ3v) is 3.62. The van der Waals surface area contributed by atoms with Gasteiger partial charge < -0.3 is 0 Å². The van der Waals surface area contributed by atoms with E-state index in [1.807, 2.05) is 59.1 Å². The summed E-state index contributed by atoms with van der Waals surface area (Å²) in [4.78, 5) is 4.65.